The van der Waals surface area contributed by atoms with E-state index in [4.69, 9.17) is 0 Å². The van der Waals surface area contributed by atoms with Gasteiger partial charge in [-0.2, -0.15) is 0 Å². The number of hydrogen-bond donors (Lipinski definition) is 2. The van der Waals surface area contributed by atoms with E-state index in [9.17, 15) is 4.79 Å². The van der Waals surface area contributed by atoms with Crippen molar-refractivity contribution in [3.8, 4) is 0 Å². The van der Waals surface area contributed by atoms with Crippen molar-refractivity contribution in [2.75, 3.05) is 32.7 Å². The summed E-state index contributed by atoms with van der Waals surface area (Å²) in [7, 11) is 0. The van der Waals surface area contributed by atoms with Gasteiger partial charge in [0.25, 0.3) is 0 Å². The molecule has 0 aromatic rings. The van der Waals surface area contributed by atoms with Crippen LogP contribution in [0.4, 0.5) is 4.79 Å². The lowest BCUT2D eigenvalue weighted by Gasteiger charge is -2.20. The molecule has 2 amide bonds. The molecule has 0 saturated carbocycles. The molecule has 4 nitrogen and oxygen atoms in total. The Hall–Kier alpha value is -0.770. The van der Waals surface area contributed by atoms with Gasteiger partial charge in [0.05, 0.1) is 0 Å². The third-order valence-corrected chi connectivity index (χ3v) is 2.15. The van der Waals surface area contributed by atoms with Crippen LogP contribution in [-0.2, 0) is 0 Å². The number of carbonyl (C=O) groups is 1. The quantitative estimate of drug-likeness (QED) is 0.654. The summed E-state index contributed by atoms with van der Waals surface area (Å²) >= 11 is 0. The van der Waals surface area contributed by atoms with Crippen molar-refractivity contribution in [2.45, 2.75) is 19.8 Å². The summed E-state index contributed by atoms with van der Waals surface area (Å²) in [6, 6.07) is 0.0885. The first-order valence-corrected chi connectivity index (χ1v) is 5.08. The molecule has 0 aromatic carbocycles. The Labute approximate surface area is 79.7 Å². The maximum Gasteiger partial charge on any atom is 0.317 e. The number of hydrogen-bond acceptors (Lipinski definition) is 2. The molecule has 1 aliphatic heterocycles. The van der Waals surface area contributed by atoms with Crippen LogP contribution < -0.4 is 10.6 Å². The van der Waals surface area contributed by atoms with Gasteiger partial charge in [0.15, 0.2) is 0 Å². The molecule has 4 heteroatoms. The molecule has 0 unspecified atom stereocenters. The van der Waals surface area contributed by atoms with E-state index in [2.05, 4.69) is 17.6 Å². The van der Waals surface area contributed by atoms with Crippen LogP contribution in [-0.4, -0.2) is 43.7 Å². The van der Waals surface area contributed by atoms with E-state index in [1.54, 1.807) is 0 Å². The molecule has 1 aliphatic rings. The van der Waals surface area contributed by atoms with Crippen LogP contribution in [0.25, 0.3) is 0 Å². The molecule has 0 atom stereocenters. The van der Waals surface area contributed by atoms with Crippen molar-refractivity contribution in [3.63, 3.8) is 0 Å². The van der Waals surface area contributed by atoms with Gasteiger partial charge in [-0.15, -0.1) is 0 Å². The van der Waals surface area contributed by atoms with Crippen molar-refractivity contribution in [3.05, 3.63) is 0 Å². The molecule has 76 valence electrons. The molecule has 1 saturated heterocycles. The van der Waals surface area contributed by atoms with Crippen LogP contribution in [0, 0.1) is 0 Å². The molecule has 1 heterocycles. The Morgan fingerprint density at radius 3 is 3.08 bits per heavy atom. The second kappa shape index (κ2) is 5.80. The summed E-state index contributed by atoms with van der Waals surface area (Å²) in [5, 5.41) is 6.16. The van der Waals surface area contributed by atoms with Crippen molar-refractivity contribution in [2.24, 2.45) is 0 Å². The van der Waals surface area contributed by atoms with Crippen molar-refractivity contribution < 1.29 is 4.79 Å². The summed E-state index contributed by atoms with van der Waals surface area (Å²) in [6.45, 7) is 6.49. The molecule has 0 spiro atoms. The number of rotatable bonds is 2. The lowest BCUT2D eigenvalue weighted by atomic mass is 10.4. The second-order valence-corrected chi connectivity index (χ2v) is 3.32. The molecule has 1 rings (SSSR count). The van der Waals surface area contributed by atoms with Crippen LogP contribution in [0.5, 0.6) is 0 Å². The molecular formula is C9H19N3O. The lowest BCUT2D eigenvalue weighted by molar-refractivity contribution is 0.201. The third kappa shape index (κ3) is 3.63. The number of urea groups is 1. The molecule has 0 radical (unpaired) electrons. The van der Waals surface area contributed by atoms with E-state index in [-0.39, 0.29) is 6.03 Å². The van der Waals surface area contributed by atoms with Gasteiger partial charge < -0.3 is 15.5 Å². The maximum absolute atomic E-state index is 11.5. The second-order valence-electron chi connectivity index (χ2n) is 3.32. The Morgan fingerprint density at radius 1 is 1.46 bits per heavy atom. The highest BCUT2D eigenvalue weighted by Gasteiger charge is 2.13. The van der Waals surface area contributed by atoms with Gasteiger partial charge in [-0.1, -0.05) is 6.92 Å². The van der Waals surface area contributed by atoms with Crippen LogP contribution in [0.2, 0.25) is 0 Å². The largest absolute Gasteiger partial charge is 0.338 e. The number of nitrogens with zero attached hydrogens (tertiary/aromatic N) is 1. The summed E-state index contributed by atoms with van der Waals surface area (Å²) < 4.78 is 0. The van der Waals surface area contributed by atoms with Gasteiger partial charge in [-0.05, 0) is 19.4 Å². The minimum absolute atomic E-state index is 0.0885. The summed E-state index contributed by atoms with van der Waals surface area (Å²) in [5.74, 6) is 0. The SMILES string of the molecule is CCCNC(=O)N1CCCNCC1. The molecule has 2 N–H and O–H groups in total. The normalized spacial score (nSPS) is 18.1. The highest BCUT2D eigenvalue weighted by molar-refractivity contribution is 5.74. The fourth-order valence-electron chi connectivity index (χ4n) is 1.39. The lowest BCUT2D eigenvalue weighted by Crippen LogP contribution is -2.41. The zero-order chi connectivity index (χ0) is 9.52. The summed E-state index contributed by atoms with van der Waals surface area (Å²) in [4.78, 5) is 13.4. The Morgan fingerprint density at radius 2 is 2.31 bits per heavy atom. The first-order chi connectivity index (χ1) is 6.34. The third-order valence-electron chi connectivity index (χ3n) is 2.15. The Kier molecular flexibility index (Phi) is 4.60. The monoisotopic (exact) mass is 185 g/mol. The minimum Gasteiger partial charge on any atom is -0.338 e. The topological polar surface area (TPSA) is 44.4 Å². The molecule has 0 aromatic heterocycles. The molecule has 0 aliphatic carbocycles. The van der Waals surface area contributed by atoms with Crippen molar-refractivity contribution in [1.82, 2.24) is 15.5 Å². The van der Waals surface area contributed by atoms with Gasteiger partial charge >= 0.3 is 6.03 Å². The average Bonchev–Trinajstić information content (AvgIpc) is 2.42. The zero-order valence-corrected chi connectivity index (χ0v) is 8.31. The van der Waals surface area contributed by atoms with Crippen molar-refractivity contribution >= 4 is 6.03 Å². The van der Waals surface area contributed by atoms with E-state index in [1.165, 1.54) is 0 Å². The maximum atomic E-state index is 11.5. The Bertz CT molecular complexity index is 153. The van der Waals surface area contributed by atoms with Gasteiger partial charge in [-0.3, -0.25) is 0 Å². The fraction of sp³-hybridized carbons (Fsp3) is 0.889. The smallest absolute Gasteiger partial charge is 0.317 e. The number of amides is 2. The van der Waals surface area contributed by atoms with Crippen LogP contribution in [0.3, 0.4) is 0 Å². The standard InChI is InChI=1S/C9H19N3O/c1-2-4-11-9(13)12-7-3-5-10-6-8-12/h10H,2-8H2,1H3,(H,11,13). The molecule has 13 heavy (non-hydrogen) atoms. The molecule has 0 bridgehead atoms. The van der Waals surface area contributed by atoms with E-state index < -0.39 is 0 Å². The predicted octanol–water partition coefficient (Wildman–Crippen LogP) is 0.401. The van der Waals surface area contributed by atoms with Gasteiger partial charge in [-0.25, -0.2) is 4.79 Å². The molecular weight excluding hydrogens is 166 g/mol. The van der Waals surface area contributed by atoms with Gasteiger partial charge in [0.2, 0.25) is 0 Å². The van der Waals surface area contributed by atoms with E-state index >= 15 is 0 Å². The highest BCUT2D eigenvalue weighted by Crippen LogP contribution is 1.95. The average molecular weight is 185 g/mol. The van der Waals surface area contributed by atoms with Crippen LogP contribution in [0.1, 0.15) is 19.8 Å². The van der Waals surface area contributed by atoms with Crippen molar-refractivity contribution in [1.29, 1.82) is 0 Å². The molecule has 1 fully saturated rings. The van der Waals surface area contributed by atoms with E-state index in [0.29, 0.717) is 0 Å². The summed E-state index contributed by atoms with van der Waals surface area (Å²) in [6.07, 6.45) is 2.05. The van der Waals surface area contributed by atoms with Gasteiger partial charge in [0.1, 0.15) is 0 Å². The zero-order valence-electron chi connectivity index (χ0n) is 8.31. The van der Waals surface area contributed by atoms with Crippen LogP contribution >= 0.6 is 0 Å². The van der Waals surface area contributed by atoms with Crippen LogP contribution in [0.15, 0.2) is 0 Å². The predicted molar refractivity (Wildman–Crippen MR) is 52.7 cm³/mol. The minimum atomic E-state index is 0.0885. The number of nitrogens with one attached hydrogen (secondary N) is 2. The van der Waals surface area contributed by atoms with E-state index in [1.807, 2.05) is 4.90 Å². The van der Waals surface area contributed by atoms with Gasteiger partial charge in [0, 0.05) is 26.2 Å². The number of carbonyl (C=O) groups excluding carboxylic acids is 1. The Balaban J connectivity index is 2.26. The summed E-state index contributed by atoms with van der Waals surface area (Å²) in [5.41, 5.74) is 0. The highest BCUT2D eigenvalue weighted by atomic mass is 16.2. The first kappa shape index (κ1) is 10.3. The fourth-order valence-corrected chi connectivity index (χ4v) is 1.39. The van der Waals surface area contributed by atoms with E-state index in [0.717, 1.165) is 45.6 Å². The first-order valence-electron chi connectivity index (χ1n) is 5.08.